The van der Waals surface area contributed by atoms with Crippen LogP contribution in [0.15, 0.2) is 63.8 Å². The molecule has 1 aliphatic heterocycles. The number of carboxylic acid groups (broad SMARTS) is 1. The van der Waals surface area contributed by atoms with Crippen LogP contribution < -0.4 is 10.7 Å². The van der Waals surface area contributed by atoms with Crippen LogP contribution in [0.5, 0.6) is 5.75 Å². The molecule has 174 valence electrons. The molecule has 2 aromatic carbocycles. The van der Waals surface area contributed by atoms with Gasteiger partial charge in [0.1, 0.15) is 17.1 Å². The largest absolute Gasteiger partial charge is 0.508 e. The number of hydrogen-bond donors (Lipinski definition) is 3. The van der Waals surface area contributed by atoms with Crippen LogP contribution in [0.2, 0.25) is 0 Å². The summed E-state index contributed by atoms with van der Waals surface area (Å²) in [6, 6.07) is 13.5. The van der Waals surface area contributed by atoms with Gasteiger partial charge in [0.15, 0.2) is 5.43 Å². The van der Waals surface area contributed by atoms with Gasteiger partial charge in [0.05, 0.1) is 11.1 Å². The number of phenolic OH excluding ortho intramolecular Hbond substituents is 1. The summed E-state index contributed by atoms with van der Waals surface area (Å²) in [4.78, 5) is 37.3. The molecule has 1 amide bonds. The fourth-order valence-electron chi connectivity index (χ4n) is 4.14. The summed E-state index contributed by atoms with van der Waals surface area (Å²) >= 11 is 0. The second-order valence-corrected chi connectivity index (χ2v) is 8.64. The van der Waals surface area contributed by atoms with E-state index in [1.165, 1.54) is 30.3 Å². The van der Waals surface area contributed by atoms with Crippen LogP contribution in [0, 0.1) is 5.92 Å². The minimum atomic E-state index is -1.25. The third-order valence-electron chi connectivity index (χ3n) is 5.71. The van der Waals surface area contributed by atoms with Gasteiger partial charge in [0, 0.05) is 35.2 Å². The lowest BCUT2D eigenvalue weighted by Crippen LogP contribution is -2.27. The second kappa shape index (κ2) is 9.39. The molecule has 3 N–H and O–H groups in total. The molecule has 0 saturated carbocycles. The van der Waals surface area contributed by atoms with E-state index in [2.05, 4.69) is 19.2 Å². The SMILES string of the molecule is CC(C)CCCNC(=O)c1cccc(-c2c3ccc(=O)cc-3oc3cc(O)ccc23)c1C(=O)O. The van der Waals surface area contributed by atoms with Crippen molar-refractivity contribution in [1.29, 1.82) is 0 Å². The number of hydrogen-bond acceptors (Lipinski definition) is 5. The van der Waals surface area contributed by atoms with Crippen LogP contribution in [0.4, 0.5) is 0 Å². The highest BCUT2D eigenvalue weighted by Crippen LogP contribution is 2.42. The number of carbonyl (C=O) groups excluding carboxylic acids is 1. The Morgan fingerprint density at radius 3 is 2.56 bits per heavy atom. The van der Waals surface area contributed by atoms with Crippen molar-refractivity contribution in [2.24, 2.45) is 5.92 Å². The molecule has 4 rings (SSSR count). The van der Waals surface area contributed by atoms with E-state index in [0.717, 1.165) is 12.8 Å². The van der Waals surface area contributed by atoms with Gasteiger partial charge in [-0.2, -0.15) is 0 Å². The number of nitrogens with one attached hydrogen (secondary N) is 1. The van der Waals surface area contributed by atoms with Gasteiger partial charge >= 0.3 is 5.97 Å². The zero-order chi connectivity index (χ0) is 24.4. The van der Waals surface area contributed by atoms with Crippen molar-refractivity contribution in [3.63, 3.8) is 0 Å². The highest BCUT2D eigenvalue weighted by Gasteiger charge is 2.26. The predicted molar refractivity (Wildman–Crippen MR) is 130 cm³/mol. The van der Waals surface area contributed by atoms with E-state index < -0.39 is 11.9 Å². The van der Waals surface area contributed by atoms with Crippen molar-refractivity contribution in [2.45, 2.75) is 26.7 Å². The van der Waals surface area contributed by atoms with E-state index in [-0.39, 0.29) is 33.6 Å². The molecule has 0 spiro atoms. The van der Waals surface area contributed by atoms with Crippen LogP contribution in [0.3, 0.4) is 0 Å². The molecule has 0 fully saturated rings. The maximum atomic E-state index is 12.9. The average molecular weight is 459 g/mol. The van der Waals surface area contributed by atoms with Crippen molar-refractivity contribution in [1.82, 2.24) is 5.32 Å². The molecule has 0 aromatic heterocycles. The van der Waals surface area contributed by atoms with Gasteiger partial charge in [-0.25, -0.2) is 4.79 Å². The van der Waals surface area contributed by atoms with E-state index in [1.54, 1.807) is 24.3 Å². The van der Waals surface area contributed by atoms with Gasteiger partial charge in [-0.05, 0) is 54.7 Å². The Morgan fingerprint density at radius 2 is 1.82 bits per heavy atom. The molecular weight excluding hydrogens is 434 g/mol. The predicted octanol–water partition coefficient (Wildman–Crippen LogP) is 5.13. The molecule has 1 aliphatic carbocycles. The van der Waals surface area contributed by atoms with Crippen LogP contribution in [0.1, 0.15) is 47.4 Å². The van der Waals surface area contributed by atoms with E-state index in [1.807, 2.05) is 0 Å². The van der Waals surface area contributed by atoms with Gasteiger partial charge in [0.25, 0.3) is 5.91 Å². The van der Waals surface area contributed by atoms with E-state index in [9.17, 15) is 24.6 Å². The molecular formula is C27H25NO6. The van der Waals surface area contributed by atoms with E-state index >= 15 is 0 Å². The smallest absolute Gasteiger partial charge is 0.337 e. The molecule has 34 heavy (non-hydrogen) atoms. The third kappa shape index (κ3) is 4.50. The summed E-state index contributed by atoms with van der Waals surface area (Å²) in [5.74, 6) is -0.983. The van der Waals surface area contributed by atoms with Gasteiger partial charge in [-0.15, -0.1) is 0 Å². The lowest BCUT2D eigenvalue weighted by atomic mass is 9.88. The van der Waals surface area contributed by atoms with Crippen molar-refractivity contribution >= 4 is 22.8 Å². The summed E-state index contributed by atoms with van der Waals surface area (Å²) < 4.78 is 5.85. The van der Waals surface area contributed by atoms with E-state index in [0.29, 0.717) is 34.5 Å². The number of aromatic carboxylic acids is 1. The lowest BCUT2D eigenvalue weighted by Gasteiger charge is -2.18. The van der Waals surface area contributed by atoms with Crippen LogP contribution in [-0.4, -0.2) is 28.6 Å². The Labute approximate surface area is 196 Å². The number of carbonyl (C=O) groups is 2. The maximum absolute atomic E-state index is 12.9. The molecule has 0 atom stereocenters. The zero-order valence-electron chi connectivity index (χ0n) is 18.9. The number of rotatable bonds is 7. The van der Waals surface area contributed by atoms with Crippen LogP contribution in [0.25, 0.3) is 33.4 Å². The molecule has 0 unspecified atom stereocenters. The van der Waals surface area contributed by atoms with Gasteiger partial charge in [-0.3, -0.25) is 9.59 Å². The Balaban J connectivity index is 1.92. The molecule has 1 heterocycles. The van der Waals surface area contributed by atoms with Gasteiger partial charge in [0.2, 0.25) is 0 Å². The Morgan fingerprint density at radius 1 is 1.03 bits per heavy atom. The first-order valence-corrected chi connectivity index (χ1v) is 11.1. The number of benzene rings is 3. The first kappa shape index (κ1) is 23.0. The highest BCUT2D eigenvalue weighted by atomic mass is 16.4. The average Bonchev–Trinajstić information content (AvgIpc) is 2.79. The highest BCUT2D eigenvalue weighted by molar-refractivity contribution is 6.13. The number of fused-ring (bicyclic) bond motifs is 2. The minimum absolute atomic E-state index is 0.0344. The summed E-state index contributed by atoms with van der Waals surface area (Å²) in [6.45, 7) is 4.65. The number of amides is 1. The summed E-state index contributed by atoms with van der Waals surface area (Å²) in [5, 5.41) is 23.5. The molecule has 0 radical (unpaired) electrons. The lowest BCUT2D eigenvalue weighted by molar-refractivity contribution is 0.0692. The van der Waals surface area contributed by atoms with Crippen LogP contribution >= 0.6 is 0 Å². The van der Waals surface area contributed by atoms with Crippen LogP contribution in [-0.2, 0) is 0 Å². The van der Waals surface area contributed by atoms with Crippen molar-refractivity contribution in [3.05, 3.63) is 75.9 Å². The fourth-order valence-corrected chi connectivity index (χ4v) is 4.14. The van der Waals surface area contributed by atoms with E-state index in [4.69, 9.17) is 4.42 Å². The van der Waals surface area contributed by atoms with Crippen molar-refractivity contribution in [3.8, 4) is 28.2 Å². The molecule has 7 nitrogen and oxygen atoms in total. The summed E-state index contributed by atoms with van der Waals surface area (Å²) in [5.41, 5.74) is 1.27. The number of aromatic hydroxyl groups is 1. The number of carboxylic acids is 1. The van der Waals surface area contributed by atoms with Crippen molar-refractivity contribution < 1.29 is 24.2 Å². The van der Waals surface area contributed by atoms with Crippen molar-refractivity contribution in [2.75, 3.05) is 6.54 Å². The fraction of sp³-hybridized carbons (Fsp3) is 0.222. The Hall–Kier alpha value is -4.13. The number of phenols is 1. The first-order valence-electron chi connectivity index (χ1n) is 11.1. The molecule has 2 aromatic rings. The molecule has 7 heteroatoms. The molecule has 0 saturated heterocycles. The standard InChI is InChI=1S/C27H25NO6/c1-15(2)5-4-12-28-26(31)21-7-3-6-20(25(21)27(32)33)24-18-10-8-16(29)13-22(18)34-23-14-17(30)9-11-19(23)24/h3,6-11,13-15,29H,4-5,12H2,1-2H3,(H,28,31)(H,32,33). The molecule has 0 bridgehead atoms. The zero-order valence-corrected chi connectivity index (χ0v) is 18.9. The summed E-state index contributed by atoms with van der Waals surface area (Å²) in [6.07, 6.45) is 1.74. The quantitative estimate of drug-likeness (QED) is 0.260. The second-order valence-electron chi connectivity index (χ2n) is 8.64. The maximum Gasteiger partial charge on any atom is 0.337 e. The Kier molecular flexibility index (Phi) is 6.36. The monoisotopic (exact) mass is 459 g/mol. The van der Waals surface area contributed by atoms with Gasteiger partial charge in [-0.1, -0.05) is 26.0 Å². The Bertz CT molecular complexity index is 1420. The first-order chi connectivity index (χ1) is 16.3. The van der Waals surface area contributed by atoms with Gasteiger partial charge < -0.3 is 19.9 Å². The minimum Gasteiger partial charge on any atom is -0.508 e. The molecule has 2 aliphatic rings. The summed E-state index contributed by atoms with van der Waals surface area (Å²) in [7, 11) is 0. The topological polar surface area (TPSA) is 117 Å². The third-order valence-corrected chi connectivity index (χ3v) is 5.71. The normalized spacial score (nSPS) is 11.3.